The molecule has 40 heavy (non-hydrogen) atoms. The molecule has 7 heteroatoms. The first-order valence-corrected chi connectivity index (χ1v) is 13.9. The lowest BCUT2D eigenvalue weighted by Gasteiger charge is -2.30. The third kappa shape index (κ3) is 5.30. The van der Waals surface area contributed by atoms with E-state index < -0.39 is 11.6 Å². The van der Waals surface area contributed by atoms with Crippen molar-refractivity contribution in [2.45, 2.75) is 77.2 Å². The SMILES string of the molecule is COC(=O)C[C@@]1(C)CCc2ccc(OCc3cc([C@@H]4CCCC4(C)C)c(-c4cc(OC)ncc4F)cc3F)cc21. The van der Waals surface area contributed by atoms with Gasteiger partial charge in [-0.05, 0) is 83.5 Å². The van der Waals surface area contributed by atoms with Gasteiger partial charge in [-0.3, -0.25) is 4.79 Å². The molecule has 0 radical (unpaired) electrons. The van der Waals surface area contributed by atoms with Crippen LogP contribution in [0.1, 0.15) is 81.0 Å². The Bertz CT molecular complexity index is 1440. The molecular formula is C33H37F2NO4. The maximum Gasteiger partial charge on any atom is 0.306 e. The summed E-state index contributed by atoms with van der Waals surface area (Å²) in [5.74, 6) is -0.186. The zero-order valence-electron chi connectivity index (χ0n) is 23.9. The summed E-state index contributed by atoms with van der Waals surface area (Å²) in [6.45, 7) is 6.53. The first-order chi connectivity index (χ1) is 19.0. The van der Waals surface area contributed by atoms with Crippen molar-refractivity contribution in [2.75, 3.05) is 14.2 Å². The molecule has 0 N–H and O–H groups in total. The number of aryl methyl sites for hydroxylation is 1. The Morgan fingerprint density at radius 3 is 2.52 bits per heavy atom. The van der Waals surface area contributed by atoms with Crippen LogP contribution in [0.15, 0.2) is 42.6 Å². The fourth-order valence-corrected chi connectivity index (χ4v) is 6.62. The Morgan fingerprint density at radius 2 is 1.82 bits per heavy atom. The van der Waals surface area contributed by atoms with E-state index in [2.05, 4.69) is 25.8 Å². The van der Waals surface area contributed by atoms with Crippen LogP contribution in [-0.2, 0) is 28.0 Å². The molecule has 2 aromatic carbocycles. The van der Waals surface area contributed by atoms with E-state index in [1.165, 1.54) is 31.9 Å². The molecule has 0 saturated heterocycles. The van der Waals surface area contributed by atoms with E-state index in [4.69, 9.17) is 14.2 Å². The topological polar surface area (TPSA) is 57.7 Å². The van der Waals surface area contributed by atoms with Gasteiger partial charge in [-0.15, -0.1) is 0 Å². The van der Waals surface area contributed by atoms with Crippen LogP contribution in [0.5, 0.6) is 11.6 Å². The number of rotatable bonds is 8. The van der Waals surface area contributed by atoms with Crippen molar-refractivity contribution in [3.8, 4) is 22.8 Å². The molecule has 5 nitrogen and oxygen atoms in total. The minimum atomic E-state index is -0.519. The highest BCUT2D eigenvalue weighted by molar-refractivity contribution is 5.72. The molecule has 0 spiro atoms. The summed E-state index contributed by atoms with van der Waals surface area (Å²) < 4.78 is 47.0. The minimum absolute atomic E-state index is 0.0115. The Labute approximate surface area is 234 Å². The molecule has 0 bridgehead atoms. The molecule has 2 aliphatic rings. The molecule has 2 atom stereocenters. The van der Waals surface area contributed by atoms with Gasteiger partial charge in [0.15, 0.2) is 0 Å². The number of carbonyl (C=O) groups excluding carboxylic acids is 1. The summed E-state index contributed by atoms with van der Waals surface area (Å²) in [6, 6.07) is 10.7. The highest BCUT2D eigenvalue weighted by Crippen LogP contribution is 2.52. The third-order valence-corrected chi connectivity index (χ3v) is 9.01. The maximum absolute atomic E-state index is 15.6. The summed E-state index contributed by atoms with van der Waals surface area (Å²) in [5.41, 5.74) is 4.05. The van der Waals surface area contributed by atoms with Gasteiger partial charge in [-0.1, -0.05) is 33.3 Å². The van der Waals surface area contributed by atoms with Crippen molar-refractivity contribution in [2.24, 2.45) is 5.41 Å². The second-order valence-corrected chi connectivity index (χ2v) is 12.1. The number of halogens is 2. The van der Waals surface area contributed by atoms with Crippen LogP contribution in [0.4, 0.5) is 8.78 Å². The average molecular weight is 550 g/mol. The van der Waals surface area contributed by atoms with Gasteiger partial charge in [-0.25, -0.2) is 13.8 Å². The van der Waals surface area contributed by atoms with E-state index >= 15 is 8.78 Å². The predicted molar refractivity (Wildman–Crippen MR) is 150 cm³/mol. The summed E-state index contributed by atoms with van der Waals surface area (Å²) in [4.78, 5) is 16.0. The lowest BCUT2D eigenvalue weighted by molar-refractivity contribution is -0.142. The zero-order valence-corrected chi connectivity index (χ0v) is 23.9. The third-order valence-electron chi connectivity index (χ3n) is 9.01. The number of nitrogens with zero attached hydrogens (tertiary/aromatic N) is 1. The fraction of sp³-hybridized carbons (Fsp3) is 0.455. The predicted octanol–water partition coefficient (Wildman–Crippen LogP) is 7.68. The molecule has 0 unspecified atom stereocenters. The normalized spacial score (nSPS) is 21.2. The lowest BCUT2D eigenvalue weighted by atomic mass is 9.75. The Balaban J connectivity index is 1.48. The van der Waals surface area contributed by atoms with Crippen molar-refractivity contribution in [1.82, 2.24) is 4.98 Å². The molecular weight excluding hydrogens is 512 g/mol. The van der Waals surface area contributed by atoms with E-state index in [1.807, 2.05) is 24.3 Å². The number of methoxy groups -OCH3 is 2. The van der Waals surface area contributed by atoms with Gasteiger partial charge >= 0.3 is 5.97 Å². The van der Waals surface area contributed by atoms with E-state index in [0.717, 1.165) is 49.4 Å². The van der Waals surface area contributed by atoms with E-state index in [1.54, 1.807) is 0 Å². The van der Waals surface area contributed by atoms with Gasteiger partial charge in [0, 0.05) is 22.6 Å². The van der Waals surface area contributed by atoms with E-state index in [9.17, 15) is 4.79 Å². The monoisotopic (exact) mass is 549 g/mol. The standard InChI is InChI=1S/C33H37F2NO4/c1-32(2)11-6-7-26(32)24-13-21(28(34)15-23(24)25-16-30(38-4)36-18-29(25)35)19-40-22-9-8-20-10-12-33(3,27(20)14-22)17-31(37)39-5/h8-9,13-16,18,26H,6-7,10-12,17,19H2,1-5H3/t26-,33+/m0/s1. The molecule has 5 rings (SSSR count). The number of fused-ring (bicyclic) bond motifs is 1. The van der Waals surface area contributed by atoms with Crippen molar-refractivity contribution in [3.05, 3.63) is 76.5 Å². The van der Waals surface area contributed by atoms with Crippen LogP contribution in [0.2, 0.25) is 0 Å². The van der Waals surface area contributed by atoms with Gasteiger partial charge in [0.25, 0.3) is 0 Å². The minimum Gasteiger partial charge on any atom is -0.489 e. The van der Waals surface area contributed by atoms with E-state index in [0.29, 0.717) is 23.3 Å². The highest BCUT2D eigenvalue weighted by Gasteiger charge is 2.38. The van der Waals surface area contributed by atoms with Crippen LogP contribution >= 0.6 is 0 Å². The second-order valence-electron chi connectivity index (χ2n) is 12.1. The first kappa shape index (κ1) is 28.1. The molecule has 1 heterocycles. The van der Waals surface area contributed by atoms with Crippen LogP contribution in [0.3, 0.4) is 0 Å². The average Bonchev–Trinajstić information content (AvgIpc) is 3.45. The lowest BCUT2D eigenvalue weighted by Crippen LogP contribution is -2.23. The number of benzene rings is 2. The summed E-state index contributed by atoms with van der Waals surface area (Å²) in [6.07, 6.45) is 6.20. The number of hydrogen-bond acceptors (Lipinski definition) is 5. The molecule has 1 fully saturated rings. The summed E-state index contributed by atoms with van der Waals surface area (Å²) in [5, 5.41) is 0. The Kier molecular flexibility index (Phi) is 7.60. The van der Waals surface area contributed by atoms with Crippen LogP contribution in [-0.4, -0.2) is 25.2 Å². The van der Waals surface area contributed by atoms with Crippen molar-refractivity contribution < 1.29 is 27.8 Å². The first-order valence-electron chi connectivity index (χ1n) is 13.9. The summed E-state index contributed by atoms with van der Waals surface area (Å²) in [7, 11) is 2.88. The quantitative estimate of drug-likeness (QED) is 0.270. The molecule has 1 saturated carbocycles. The van der Waals surface area contributed by atoms with Crippen LogP contribution < -0.4 is 9.47 Å². The molecule has 0 aliphatic heterocycles. The summed E-state index contributed by atoms with van der Waals surface area (Å²) >= 11 is 0. The van der Waals surface area contributed by atoms with Crippen molar-refractivity contribution in [3.63, 3.8) is 0 Å². The number of aromatic nitrogens is 1. The van der Waals surface area contributed by atoms with Gasteiger partial charge < -0.3 is 14.2 Å². The number of hydrogen-bond donors (Lipinski definition) is 0. The molecule has 2 aliphatic carbocycles. The molecule has 1 aromatic heterocycles. The number of esters is 1. The fourth-order valence-electron chi connectivity index (χ4n) is 6.62. The maximum atomic E-state index is 15.6. The zero-order chi connectivity index (χ0) is 28.7. The smallest absolute Gasteiger partial charge is 0.306 e. The highest BCUT2D eigenvalue weighted by atomic mass is 19.1. The van der Waals surface area contributed by atoms with Crippen LogP contribution in [0, 0.1) is 17.0 Å². The molecule has 212 valence electrons. The van der Waals surface area contributed by atoms with Gasteiger partial charge in [0.05, 0.1) is 26.8 Å². The largest absolute Gasteiger partial charge is 0.489 e. The Hall–Kier alpha value is -3.48. The van der Waals surface area contributed by atoms with Gasteiger partial charge in [-0.2, -0.15) is 0 Å². The molecule has 3 aromatic rings. The Morgan fingerprint density at radius 1 is 1.02 bits per heavy atom. The number of ether oxygens (including phenoxy) is 3. The van der Waals surface area contributed by atoms with Crippen molar-refractivity contribution in [1.29, 1.82) is 0 Å². The molecule has 0 amide bonds. The van der Waals surface area contributed by atoms with Gasteiger partial charge in [0.1, 0.15) is 24.0 Å². The van der Waals surface area contributed by atoms with Gasteiger partial charge in [0.2, 0.25) is 5.88 Å². The van der Waals surface area contributed by atoms with Crippen molar-refractivity contribution >= 4 is 5.97 Å². The van der Waals surface area contributed by atoms with Crippen LogP contribution in [0.25, 0.3) is 11.1 Å². The number of carbonyl (C=O) groups is 1. The second kappa shape index (κ2) is 10.8. The number of pyridine rings is 1. The van der Waals surface area contributed by atoms with E-state index in [-0.39, 0.29) is 40.8 Å².